The standard InChI is InChI=1S/C28H20ClF3O2/c1-17(19-5-3-2-4-6-19)13-18-7-9-20(10-8-18)21-11-12-23(24(30)14-21)28(33)34-22-15-25(31)27(29)26(32)16-22/h2-12,14-17H,13H2,1H3. The van der Waals surface area contributed by atoms with Crippen molar-refractivity contribution in [2.24, 2.45) is 0 Å². The maximum atomic E-state index is 14.7. The Bertz CT molecular complexity index is 1300. The van der Waals surface area contributed by atoms with Gasteiger partial charge in [-0.2, -0.15) is 0 Å². The summed E-state index contributed by atoms with van der Waals surface area (Å²) in [5, 5.41) is -0.712. The number of rotatable bonds is 6. The molecule has 2 nitrogen and oxygen atoms in total. The number of carbonyl (C=O) groups excluding carboxylic acids is 1. The molecule has 0 aliphatic heterocycles. The predicted molar refractivity (Wildman–Crippen MR) is 127 cm³/mol. The fourth-order valence-electron chi connectivity index (χ4n) is 3.70. The summed E-state index contributed by atoms with van der Waals surface area (Å²) in [7, 11) is 0. The van der Waals surface area contributed by atoms with Crippen LogP contribution in [-0.4, -0.2) is 5.97 Å². The first kappa shape index (κ1) is 23.6. The van der Waals surface area contributed by atoms with Crippen LogP contribution in [0.25, 0.3) is 11.1 Å². The highest BCUT2D eigenvalue weighted by molar-refractivity contribution is 6.30. The Hall–Kier alpha value is -3.57. The molecule has 0 amide bonds. The number of hydrogen-bond donors (Lipinski definition) is 0. The summed E-state index contributed by atoms with van der Waals surface area (Å²) in [4.78, 5) is 12.3. The van der Waals surface area contributed by atoms with Gasteiger partial charge in [0.2, 0.25) is 0 Å². The molecule has 1 atom stereocenters. The molecular weight excluding hydrogens is 461 g/mol. The van der Waals surface area contributed by atoms with Crippen LogP contribution in [0.15, 0.2) is 84.9 Å². The quantitative estimate of drug-likeness (QED) is 0.159. The summed E-state index contributed by atoms with van der Waals surface area (Å²) >= 11 is 5.42. The van der Waals surface area contributed by atoms with Gasteiger partial charge in [0, 0.05) is 12.1 Å². The molecule has 0 saturated carbocycles. The number of carbonyl (C=O) groups is 1. The number of esters is 1. The van der Waals surface area contributed by atoms with Crippen LogP contribution >= 0.6 is 11.6 Å². The minimum absolute atomic E-state index is 0.354. The van der Waals surface area contributed by atoms with Crippen molar-refractivity contribution < 1.29 is 22.7 Å². The SMILES string of the molecule is CC(Cc1ccc(-c2ccc(C(=O)Oc3cc(F)c(Cl)c(F)c3)c(F)c2)cc1)c1ccccc1. The Morgan fingerprint density at radius 3 is 2.06 bits per heavy atom. The Balaban J connectivity index is 1.47. The van der Waals surface area contributed by atoms with E-state index in [9.17, 15) is 18.0 Å². The summed E-state index contributed by atoms with van der Waals surface area (Å²) in [6.45, 7) is 2.17. The van der Waals surface area contributed by atoms with Crippen molar-refractivity contribution in [3.05, 3.63) is 124 Å². The van der Waals surface area contributed by atoms with E-state index in [4.69, 9.17) is 16.3 Å². The molecule has 0 bridgehead atoms. The molecule has 0 saturated heterocycles. The first-order valence-corrected chi connectivity index (χ1v) is 11.0. The topological polar surface area (TPSA) is 26.3 Å². The van der Waals surface area contributed by atoms with Crippen molar-refractivity contribution in [2.45, 2.75) is 19.3 Å². The van der Waals surface area contributed by atoms with Gasteiger partial charge in [-0.3, -0.25) is 0 Å². The van der Waals surface area contributed by atoms with Crippen LogP contribution in [0.1, 0.15) is 34.3 Å². The van der Waals surface area contributed by atoms with Gasteiger partial charge < -0.3 is 4.74 Å². The molecule has 34 heavy (non-hydrogen) atoms. The van der Waals surface area contributed by atoms with E-state index in [0.29, 0.717) is 11.5 Å². The highest BCUT2D eigenvalue weighted by Crippen LogP contribution is 2.27. The lowest BCUT2D eigenvalue weighted by atomic mass is 9.93. The predicted octanol–water partition coefficient (Wildman–Crippen LogP) is 7.99. The molecule has 172 valence electrons. The van der Waals surface area contributed by atoms with Gasteiger partial charge in [-0.1, -0.05) is 79.2 Å². The van der Waals surface area contributed by atoms with E-state index in [-0.39, 0.29) is 5.56 Å². The van der Waals surface area contributed by atoms with Gasteiger partial charge >= 0.3 is 5.97 Å². The van der Waals surface area contributed by atoms with Gasteiger partial charge in [-0.25, -0.2) is 18.0 Å². The van der Waals surface area contributed by atoms with Crippen LogP contribution in [-0.2, 0) is 6.42 Å². The van der Waals surface area contributed by atoms with Gasteiger partial charge in [0.05, 0.1) is 5.56 Å². The second kappa shape index (κ2) is 10.1. The van der Waals surface area contributed by atoms with Crippen LogP contribution in [0.3, 0.4) is 0 Å². The molecule has 0 aliphatic rings. The Morgan fingerprint density at radius 2 is 1.44 bits per heavy atom. The van der Waals surface area contributed by atoms with Crippen molar-refractivity contribution in [3.8, 4) is 16.9 Å². The molecule has 0 aliphatic carbocycles. The summed E-state index contributed by atoms with van der Waals surface area (Å²) < 4.78 is 46.7. The maximum Gasteiger partial charge on any atom is 0.346 e. The molecule has 0 radical (unpaired) electrons. The van der Waals surface area contributed by atoms with Gasteiger partial charge in [0.25, 0.3) is 0 Å². The maximum absolute atomic E-state index is 14.7. The molecule has 0 fully saturated rings. The monoisotopic (exact) mass is 480 g/mol. The zero-order valence-electron chi connectivity index (χ0n) is 18.2. The molecule has 0 aromatic heterocycles. The Morgan fingerprint density at radius 1 is 0.824 bits per heavy atom. The van der Waals surface area contributed by atoms with Crippen LogP contribution in [0.4, 0.5) is 13.2 Å². The van der Waals surface area contributed by atoms with Gasteiger partial charge in [0.1, 0.15) is 28.2 Å². The highest BCUT2D eigenvalue weighted by Gasteiger charge is 2.18. The molecule has 1 unspecified atom stereocenters. The van der Waals surface area contributed by atoms with Gasteiger partial charge in [-0.15, -0.1) is 0 Å². The van der Waals surface area contributed by atoms with Crippen LogP contribution < -0.4 is 4.74 Å². The first-order valence-electron chi connectivity index (χ1n) is 10.6. The second-order valence-electron chi connectivity index (χ2n) is 8.00. The largest absolute Gasteiger partial charge is 0.423 e. The summed E-state index contributed by atoms with van der Waals surface area (Å²) in [6.07, 6.45) is 0.870. The minimum Gasteiger partial charge on any atom is -0.423 e. The van der Waals surface area contributed by atoms with Crippen LogP contribution in [0, 0.1) is 17.5 Å². The third-order valence-corrected chi connectivity index (χ3v) is 5.92. The van der Waals surface area contributed by atoms with Gasteiger partial charge in [0.15, 0.2) is 0 Å². The lowest BCUT2D eigenvalue weighted by Gasteiger charge is -2.12. The highest BCUT2D eigenvalue weighted by atomic mass is 35.5. The fraction of sp³-hybridized carbons (Fsp3) is 0.107. The third kappa shape index (κ3) is 5.32. The van der Waals surface area contributed by atoms with E-state index in [0.717, 1.165) is 29.7 Å². The molecule has 4 aromatic rings. The van der Waals surface area contributed by atoms with E-state index >= 15 is 0 Å². The molecule has 0 heterocycles. The van der Waals surface area contributed by atoms with E-state index in [2.05, 4.69) is 19.1 Å². The number of ether oxygens (including phenoxy) is 1. The number of halogens is 4. The molecule has 0 N–H and O–H groups in total. The van der Waals surface area contributed by atoms with Gasteiger partial charge in [-0.05, 0) is 46.7 Å². The van der Waals surface area contributed by atoms with Crippen molar-refractivity contribution in [1.82, 2.24) is 0 Å². The second-order valence-corrected chi connectivity index (χ2v) is 8.38. The summed E-state index contributed by atoms with van der Waals surface area (Å²) in [5.41, 5.74) is 3.44. The average molecular weight is 481 g/mol. The van der Waals surface area contributed by atoms with Crippen molar-refractivity contribution >= 4 is 17.6 Å². The first-order chi connectivity index (χ1) is 16.3. The third-order valence-electron chi connectivity index (χ3n) is 5.55. The minimum atomic E-state index is -1.08. The van der Waals surface area contributed by atoms with E-state index < -0.39 is 34.2 Å². The zero-order chi connectivity index (χ0) is 24.2. The van der Waals surface area contributed by atoms with Crippen molar-refractivity contribution in [3.63, 3.8) is 0 Å². The van der Waals surface area contributed by atoms with E-state index in [1.807, 2.05) is 42.5 Å². The lowest BCUT2D eigenvalue weighted by molar-refractivity contribution is 0.0729. The normalized spacial score (nSPS) is 11.8. The fourth-order valence-corrected chi connectivity index (χ4v) is 3.81. The summed E-state index contributed by atoms with van der Waals surface area (Å²) in [5.74, 6) is -4.09. The zero-order valence-corrected chi connectivity index (χ0v) is 19.0. The average Bonchev–Trinajstić information content (AvgIpc) is 2.83. The smallest absolute Gasteiger partial charge is 0.346 e. The lowest BCUT2D eigenvalue weighted by Crippen LogP contribution is -2.11. The number of hydrogen-bond acceptors (Lipinski definition) is 2. The van der Waals surface area contributed by atoms with Crippen molar-refractivity contribution in [1.29, 1.82) is 0 Å². The molecule has 6 heteroatoms. The molecule has 4 aromatic carbocycles. The summed E-state index contributed by atoms with van der Waals surface area (Å²) in [6, 6.07) is 23.7. The van der Waals surface area contributed by atoms with Crippen LogP contribution in [0.5, 0.6) is 5.75 Å². The molecule has 4 rings (SSSR count). The number of benzene rings is 4. The Kier molecular flexibility index (Phi) is 7.03. The van der Waals surface area contributed by atoms with E-state index in [1.165, 1.54) is 17.7 Å². The van der Waals surface area contributed by atoms with Crippen LogP contribution in [0.2, 0.25) is 5.02 Å². The van der Waals surface area contributed by atoms with E-state index in [1.54, 1.807) is 6.07 Å². The molecular formula is C28H20ClF3O2. The Labute approximate surface area is 200 Å². The van der Waals surface area contributed by atoms with Crippen molar-refractivity contribution in [2.75, 3.05) is 0 Å². The molecule has 0 spiro atoms.